The van der Waals surface area contributed by atoms with Crippen LogP contribution in [0.3, 0.4) is 0 Å². The fourth-order valence-corrected chi connectivity index (χ4v) is 2.16. The Hall–Kier alpha value is -1.01. The summed E-state index contributed by atoms with van der Waals surface area (Å²) >= 11 is 0. The van der Waals surface area contributed by atoms with Gasteiger partial charge in [-0.05, 0) is 36.2 Å². The summed E-state index contributed by atoms with van der Waals surface area (Å²) in [6.07, 6.45) is 3.37. The Morgan fingerprint density at radius 3 is 3.12 bits per heavy atom. The maximum atomic E-state index is 5.95. The van der Waals surface area contributed by atoms with Crippen molar-refractivity contribution in [2.24, 2.45) is 5.73 Å². The molecule has 1 atom stereocenters. The number of hydrogen-bond acceptors (Lipinski definition) is 5. The van der Waals surface area contributed by atoms with Crippen molar-refractivity contribution in [3.63, 3.8) is 0 Å². The lowest BCUT2D eigenvalue weighted by atomic mass is 10.1. The van der Waals surface area contributed by atoms with Crippen LogP contribution in [0.2, 0.25) is 0 Å². The quantitative estimate of drug-likeness (QED) is 0.779. The number of nitrogens with two attached hydrogens (primary N) is 1. The molecule has 16 heavy (non-hydrogen) atoms. The van der Waals surface area contributed by atoms with Gasteiger partial charge in [0, 0.05) is 19.1 Å². The van der Waals surface area contributed by atoms with E-state index >= 15 is 0 Å². The first-order chi connectivity index (χ1) is 7.79. The average molecular weight is 224 g/mol. The van der Waals surface area contributed by atoms with E-state index in [1.807, 2.05) is 4.68 Å². The molecular formula is C10H20N6. The smallest absolute Gasteiger partial charge is 0.165 e. The van der Waals surface area contributed by atoms with Crippen LogP contribution in [0.25, 0.3) is 0 Å². The van der Waals surface area contributed by atoms with Gasteiger partial charge in [-0.1, -0.05) is 6.92 Å². The van der Waals surface area contributed by atoms with Crippen molar-refractivity contribution in [1.29, 1.82) is 0 Å². The molecule has 1 aromatic heterocycles. The second-order valence-electron chi connectivity index (χ2n) is 4.46. The molecule has 0 aliphatic carbocycles. The highest BCUT2D eigenvalue weighted by Crippen LogP contribution is 2.10. The molecule has 90 valence electrons. The van der Waals surface area contributed by atoms with Gasteiger partial charge in [0.1, 0.15) is 0 Å². The largest absolute Gasteiger partial charge is 0.327 e. The number of hydrogen-bond donors (Lipinski definition) is 1. The third-order valence-electron chi connectivity index (χ3n) is 2.95. The molecule has 0 amide bonds. The lowest BCUT2D eigenvalue weighted by molar-refractivity contribution is 0.194. The van der Waals surface area contributed by atoms with Gasteiger partial charge in [-0.2, -0.15) is 0 Å². The van der Waals surface area contributed by atoms with Crippen molar-refractivity contribution in [1.82, 2.24) is 25.1 Å². The van der Waals surface area contributed by atoms with Crippen LogP contribution in [0.4, 0.5) is 0 Å². The number of aromatic nitrogens is 4. The summed E-state index contributed by atoms with van der Waals surface area (Å²) in [5.41, 5.74) is 5.95. The van der Waals surface area contributed by atoms with E-state index in [0.717, 1.165) is 44.8 Å². The minimum atomic E-state index is 0.309. The Balaban J connectivity index is 1.94. The number of aryl methyl sites for hydroxylation is 1. The molecule has 0 unspecified atom stereocenters. The Labute approximate surface area is 95.8 Å². The molecule has 2 N–H and O–H groups in total. The molecule has 2 rings (SSSR count). The van der Waals surface area contributed by atoms with Gasteiger partial charge >= 0.3 is 0 Å². The SMILES string of the molecule is CCCn1nnnc1CN1CCC[C@@H](N)C1. The van der Waals surface area contributed by atoms with Crippen LogP contribution in [0.5, 0.6) is 0 Å². The van der Waals surface area contributed by atoms with Crippen LogP contribution in [0.15, 0.2) is 0 Å². The molecule has 6 heteroatoms. The Morgan fingerprint density at radius 2 is 2.38 bits per heavy atom. The lowest BCUT2D eigenvalue weighted by Crippen LogP contribution is -2.42. The zero-order chi connectivity index (χ0) is 11.4. The average Bonchev–Trinajstić information content (AvgIpc) is 2.66. The van der Waals surface area contributed by atoms with Gasteiger partial charge in [0.25, 0.3) is 0 Å². The van der Waals surface area contributed by atoms with E-state index < -0.39 is 0 Å². The van der Waals surface area contributed by atoms with Crippen molar-refractivity contribution in [3.8, 4) is 0 Å². The first-order valence-electron chi connectivity index (χ1n) is 6.02. The zero-order valence-electron chi connectivity index (χ0n) is 9.84. The van der Waals surface area contributed by atoms with Crippen LogP contribution in [-0.4, -0.2) is 44.2 Å². The van der Waals surface area contributed by atoms with Gasteiger partial charge in [-0.15, -0.1) is 5.10 Å². The Bertz CT molecular complexity index is 323. The van der Waals surface area contributed by atoms with E-state index in [2.05, 4.69) is 27.3 Å². The van der Waals surface area contributed by atoms with E-state index in [-0.39, 0.29) is 0 Å². The topological polar surface area (TPSA) is 72.9 Å². The highest BCUT2D eigenvalue weighted by molar-refractivity contribution is 4.84. The molecule has 1 aliphatic heterocycles. The van der Waals surface area contributed by atoms with Gasteiger partial charge in [0.15, 0.2) is 5.82 Å². The third-order valence-corrected chi connectivity index (χ3v) is 2.95. The van der Waals surface area contributed by atoms with E-state index in [1.165, 1.54) is 6.42 Å². The molecule has 0 spiro atoms. The molecule has 0 radical (unpaired) electrons. The third kappa shape index (κ3) is 2.76. The lowest BCUT2D eigenvalue weighted by Gasteiger charge is -2.29. The second-order valence-corrected chi connectivity index (χ2v) is 4.46. The minimum absolute atomic E-state index is 0.309. The first-order valence-corrected chi connectivity index (χ1v) is 6.02. The fourth-order valence-electron chi connectivity index (χ4n) is 2.16. The molecule has 1 aromatic rings. The highest BCUT2D eigenvalue weighted by Gasteiger charge is 2.18. The van der Waals surface area contributed by atoms with Gasteiger partial charge < -0.3 is 5.73 Å². The molecule has 1 saturated heterocycles. The maximum absolute atomic E-state index is 5.95. The van der Waals surface area contributed by atoms with Crippen LogP contribution in [0.1, 0.15) is 32.0 Å². The minimum Gasteiger partial charge on any atom is -0.327 e. The fraction of sp³-hybridized carbons (Fsp3) is 0.900. The predicted molar refractivity (Wildman–Crippen MR) is 60.6 cm³/mol. The zero-order valence-corrected chi connectivity index (χ0v) is 9.84. The molecule has 0 aromatic carbocycles. The summed E-state index contributed by atoms with van der Waals surface area (Å²) < 4.78 is 1.89. The summed E-state index contributed by atoms with van der Waals surface area (Å²) in [7, 11) is 0. The molecule has 0 saturated carbocycles. The van der Waals surface area contributed by atoms with Crippen LogP contribution < -0.4 is 5.73 Å². The standard InChI is InChI=1S/C10H20N6/c1-2-5-16-10(12-13-14-16)8-15-6-3-4-9(11)7-15/h9H,2-8,11H2,1H3/t9-/m1/s1. The molecule has 6 nitrogen and oxygen atoms in total. The molecule has 2 heterocycles. The van der Waals surface area contributed by atoms with Crippen LogP contribution in [0, 0.1) is 0 Å². The highest BCUT2D eigenvalue weighted by atomic mass is 15.5. The van der Waals surface area contributed by atoms with Gasteiger partial charge in [0.05, 0.1) is 6.54 Å². The monoisotopic (exact) mass is 224 g/mol. The van der Waals surface area contributed by atoms with Crippen molar-refractivity contribution in [2.75, 3.05) is 13.1 Å². The van der Waals surface area contributed by atoms with E-state index in [9.17, 15) is 0 Å². The summed E-state index contributed by atoms with van der Waals surface area (Å²) in [5, 5.41) is 11.8. The number of tetrazole rings is 1. The number of likely N-dealkylation sites (tertiary alicyclic amines) is 1. The van der Waals surface area contributed by atoms with Crippen molar-refractivity contribution in [3.05, 3.63) is 5.82 Å². The number of nitrogens with zero attached hydrogens (tertiary/aromatic N) is 5. The van der Waals surface area contributed by atoms with E-state index in [4.69, 9.17) is 5.73 Å². The van der Waals surface area contributed by atoms with Gasteiger partial charge in [-0.25, -0.2) is 4.68 Å². The normalized spacial score (nSPS) is 22.5. The van der Waals surface area contributed by atoms with E-state index in [1.54, 1.807) is 0 Å². The number of piperidine rings is 1. The summed E-state index contributed by atoms with van der Waals surface area (Å²) in [6.45, 7) is 5.90. The first kappa shape index (κ1) is 11.5. The molecule has 0 bridgehead atoms. The van der Waals surface area contributed by atoms with Gasteiger partial charge in [-0.3, -0.25) is 4.90 Å². The van der Waals surface area contributed by atoms with Crippen LogP contribution >= 0.6 is 0 Å². The summed E-state index contributed by atoms with van der Waals surface area (Å²) in [6, 6.07) is 0.309. The van der Waals surface area contributed by atoms with Crippen molar-refractivity contribution in [2.45, 2.75) is 45.3 Å². The molecular weight excluding hydrogens is 204 g/mol. The maximum Gasteiger partial charge on any atom is 0.165 e. The second kappa shape index (κ2) is 5.36. The van der Waals surface area contributed by atoms with E-state index in [0.29, 0.717) is 6.04 Å². The van der Waals surface area contributed by atoms with Crippen molar-refractivity contribution >= 4 is 0 Å². The predicted octanol–water partition coefficient (Wildman–Crippen LogP) is 0.00620. The van der Waals surface area contributed by atoms with Crippen molar-refractivity contribution < 1.29 is 0 Å². The molecule has 1 fully saturated rings. The van der Waals surface area contributed by atoms with Gasteiger partial charge in [0.2, 0.25) is 0 Å². The Morgan fingerprint density at radius 1 is 1.50 bits per heavy atom. The molecule has 1 aliphatic rings. The van der Waals surface area contributed by atoms with Crippen LogP contribution in [-0.2, 0) is 13.1 Å². The Kier molecular flexibility index (Phi) is 3.84. The summed E-state index contributed by atoms with van der Waals surface area (Å²) in [4.78, 5) is 2.34. The summed E-state index contributed by atoms with van der Waals surface area (Å²) in [5.74, 6) is 0.955. The number of rotatable bonds is 4.